The number of anilines is 1. The monoisotopic (exact) mass is 339 g/mol. The van der Waals surface area contributed by atoms with Gasteiger partial charge in [-0.2, -0.15) is 5.10 Å². The number of carboxylic acid groups (broad SMARTS) is 1. The second-order valence-corrected chi connectivity index (χ2v) is 5.94. The lowest BCUT2D eigenvalue weighted by Gasteiger charge is -2.31. The molecule has 9 nitrogen and oxygen atoms in total. The molecule has 3 aromatic heterocycles. The van der Waals surface area contributed by atoms with Crippen molar-refractivity contribution >= 4 is 17.4 Å². The minimum atomic E-state index is -0.881. The van der Waals surface area contributed by atoms with E-state index in [1.807, 2.05) is 0 Å². The summed E-state index contributed by atoms with van der Waals surface area (Å²) in [4.78, 5) is 25.6. The lowest BCUT2D eigenvalue weighted by molar-refractivity contribution is 0.133. The molecule has 0 radical (unpaired) electrons. The normalized spacial score (nSPS) is 17.6. The van der Waals surface area contributed by atoms with Crippen LogP contribution in [0.5, 0.6) is 0 Å². The number of nitrogens with zero attached hydrogens (tertiary/aromatic N) is 6. The van der Waals surface area contributed by atoms with Gasteiger partial charge in [0.2, 0.25) is 0 Å². The quantitative estimate of drug-likeness (QED) is 0.748. The summed E-state index contributed by atoms with van der Waals surface area (Å²) in [6.45, 7) is 1.03. The second-order valence-electron chi connectivity index (χ2n) is 5.94. The fourth-order valence-corrected chi connectivity index (χ4v) is 3.05. The van der Waals surface area contributed by atoms with E-state index in [-0.39, 0.29) is 6.04 Å². The molecule has 4 rings (SSSR count). The third-order valence-electron chi connectivity index (χ3n) is 4.27. The first-order valence-corrected chi connectivity index (χ1v) is 8.06. The highest BCUT2D eigenvalue weighted by molar-refractivity contribution is 5.75. The van der Waals surface area contributed by atoms with E-state index in [0.29, 0.717) is 24.7 Å². The Hall–Kier alpha value is -3.23. The molecule has 2 N–H and O–H groups in total. The maximum atomic E-state index is 11.1. The maximum absolute atomic E-state index is 11.1. The van der Waals surface area contributed by atoms with Gasteiger partial charge in [0.1, 0.15) is 5.82 Å². The highest BCUT2D eigenvalue weighted by Gasteiger charge is 2.23. The molecule has 0 aliphatic carbocycles. The van der Waals surface area contributed by atoms with Gasteiger partial charge < -0.3 is 15.3 Å². The number of hydrogen-bond donors (Lipinski definition) is 2. The van der Waals surface area contributed by atoms with Gasteiger partial charge in [-0.05, 0) is 18.9 Å². The molecule has 0 aromatic carbocycles. The Bertz CT molecular complexity index is 910. The highest BCUT2D eigenvalue weighted by atomic mass is 16.4. The number of hydrogen-bond acceptors (Lipinski definition) is 6. The first kappa shape index (κ1) is 15.3. The molecule has 4 heterocycles. The SMILES string of the molecule is O=C(O)N1CCCC(Nc2ccnc(-c3cnn4ccncc34)n2)C1. The van der Waals surface area contributed by atoms with Crippen molar-refractivity contribution in [3.8, 4) is 11.4 Å². The molecule has 128 valence electrons. The second kappa shape index (κ2) is 6.34. The molecule has 25 heavy (non-hydrogen) atoms. The molecule has 0 bridgehead atoms. The predicted octanol–water partition coefficient (Wildman–Crippen LogP) is 1.74. The van der Waals surface area contributed by atoms with Crippen LogP contribution in [0.4, 0.5) is 10.6 Å². The van der Waals surface area contributed by atoms with Crippen molar-refractivity contribution in [2.45, 2.75) is 18.9 Å². The van der Waals surface area contributed by atoms with Crippen LogP contribution in [0.25, 0.3) is 16.9 Å². The molecule has 9 heteroatoms. The zero-order valence-electron chi connectivity index (χ0n) is 13.4. The molecule has 1 amide bonds. The minimum Gasteiger partial charge on any atom is -0.465 e. The Morgan fingerprint density at radius 3 is 3.12 bits per heavy atom. The molecule has 1 unspecified atom stereocenters. The molecule has 0 saturated carbocycles. The summed E-state index contributed by atoms with van der Waals surface area (Å²) in [5.74, 6) is 1.23. The van der Waals surface area contributed by atoms with Gasteiger partial charge in [0.05, 0.1) is 23.5 Å². The summed E-state index contributed by atoms with van der Waals surface area (Å²) in [5.41, 5.74) is 1.63. The van der Waals surface area contributed by atoms with Crippen molar-refractivity contribution in [2.24, 2.45) is 0 Å². The first-order valence-electron chi connectivity index (χ1n) is 8.06. The average Bonchev–Trinajstić information content (AvgIpc) is 3.06. The molecule has 1 aliphatic rings. The minimum absolute atomic E-state index is 0.0400. The van der Waals surface area contributed by atoms with Crippen LogP contribution in [-0.2, 0) is 0 Å². The molecule has 3 aromatic rings. The van der Waals surface area contributed by atoms with E-state index in [1.165, 1.54) is 4.90 Å². The first-order chi connectivity index (χ1) is 12.2. The van der Waals surface area contributed by atoms with E-state index in [2.05, 4.69) is 25.4 Å². The summed E-state index contributed by atoms with van der Waals surface area (Å²) in [6, 6.07) is 1.82. The van der Waals surface area contributed by atoms with Crippen LogP contribution in [0.3, 0.4) is 0 Å². The van der Waals surface area contributed by atoms with Gasteiger partial charge in [0, 0.05) is 37.7 Å². The Morgan fingerprint density at radius 1 is 1.32 bits per heavy atom. The Labute approximate surface area is 143 Å². The number of amides is 1. The Balaban J connectivity index is 1.56. The van der Waals surface area contributed by atoms with Gasteiger partial charge in [0.15, 0.2) is 5.82 Å². The Morgan fingerprint density at radius 2 is 2.24 bits per heavy atom. The number of nitrogens with one attached hydrogen (secondary N) is 1. The summed E-state index contributed by atoms with van der Waals surface area (Å²) in [5, 5.41) is 16.7. The van der Waals surface area contributed by atoms with Crippen LogP contribution < -0.4 is 5.32 Å². The summed E-state index contributed by atoms with van der Waals surface area (Å²) < 4.78 is 1.72. The molecular weight excluding hydrogens is 322 g/mol. The van der Waals surface area contributed by atoms with Crippen LogP contribution in [-0.4, -0.2) is 59.8 Å². The number of piperidine rings is 1. The van der Waals surface area contributed by atoms with Crippen LogP contribution in [0.2, 0.25) is 0 Å². The summed E-state index contributed by atoms with van der Waals surface area (Å²) in [7, 11) is 0. The predicted molar refractivity (Wildman–Crippen MR) is 90.3 cm³/mol. The van der Waals surface area contributed by atoms with E-state index in [4.69, 9.17) is 5.11 Å². The zero-order chi connectivity index (χ0) is 17.2. The maximum Gasteiger partial charge on any atom is 0.407 e. The average molecular weight is 339 g/mol. The summed E-state index contributed by atoms with van der Waals surface area (Å²) in [6.07, 6.45) is 9.41. The van der Waals surface area contributed by atoms with Crippen LogP contribution in [0, 0.1) is 0 Å². The topological polar surface area (TPSA) is 109 Å². The van der Waals surface area contributed by atoms with Crippen molar-refractivity contribution < 1.29 is 9.90 Å². The molecule has 1 aliphatic heterocycles. The fourth-order valence-electron chi connectivity index (χ4n) is 3.05. The lowest BCUT2D eigenvalue weighted by atomic mass is 10.1. The van der Waals surface area contributed by atoms with E-state index < -0.39 is 6.09 Å². The number of carbonyl (C=O) groups is 1. The third-order valence-corrected chi connectivity index (χ3v) is 4.27. The van der Waals surface area contributed by atoms with Gasteiger partial charge in [-0.3, -0.25) is 4.98 Å². The van der Waals surface area contributed by atoms with Crippen molar-refractivity contribution in [1.29, 1.82) is 0 Å². The van der Waals surface area contributed by atoms with Crippen LogP contribution in [0.1, 0.15) is 12.8 Å². The molecule has 1 fully saturated rings. The van der Waals surface area contributed by atoms with E-state index in [0.717, 1.165) is 23.9 Å². The smallest absolute Gasteiger partial charge is 0.407 e. The van der Waals surface area contributed by atoms with Gasteiger partial charge in [0.25, 0.3) is 0 Å². The van der Waals surface area contributed by atoms with Crippen molar-refractivity contribution in [1.82, 2.24) is 29.5 Å². The van der Waals surface area contributed by atoms with E-state index in [9.17, 15) is 4.79 Å². The van der Waals surface area contributed by atoms with Gasteiger partial charge in [-0.25, -0.2) is 19.3 Å². The van der Waals surface area contributed by atoms with Crippen LogP contribution in [0.15, 0.2) is 37.1 Å². The van der Waals surface area contributed by atoms with Crippen LogP contribution >= 0.6 is 0 Å². The number of rotatable bonds is 3. The standard InChI is InChI=1S/C16H17N7O2/c24-16(25)22-6-1-2-11(10-22)20-14-3-4-18-15(21-14)12-8-19-23-7-5-17-9-13(12)23/h3-5,7-9,11H,1-2,6,10H2,(H,24,25)(H,18,20,21). The zero-order valence-corrected chi connectivity index (χ0v) is 13.4. The largest absolute Gasteiger partial charge is 0.465 e. The number of fused-ring (bicyclic) bond motifs is 1. The van der Waals surface area contributed by atoms with Gasteiger partial charge >= 0.3 is 6.09 Å². The number of likely N-dealkylation sites (tertiary alicyclic amines) is 1. The fraction of sp³-hybridized carbons (Fsp3) is 0.312. The van der Waals surface area contributed by atoms with E-state index in [1.54, 1.807) is 41.6 Å². The number of aromatic nitrogens is 5. The third kappa shape index (κ3) is 3.08. The van der Waals surface area contributed by atoms with Crippen molar-refractivity contribution in [2.75, 3.05) is 18.4 Å². The van der Waals surface area contributed by atoms with Crippen molar-refractivity contribution in [3.63, 3.8) is 0 Å². The summed E-state index contributed by atoms with van der Waals surface area (Å²) >= 11 is 0. The van der Waals surface area contributed by atoms with E-state index >= 15 is 0 Å². The molecule has 1 atom stereocenters. The van der Waals surface area contributed by atoms with Crippen molar-refractivity contribution in [3.05, 3.63) is 37.1 Å². The molecule has 0 spiro atoms. The Kier molecular flexibility index (Phi) is 3.88. The highest BCUT2D eigenvalue weighted by Crippen LogP contribution is 2.22. The lowest BCUT2D eigenvalue weighted by Crippen LogP contribution is -2.44. The molecular formula is C16H17N7O2. The van der Waals surface area contributed by atoms with Gasteiger partial charge in [-0.1, -0.05) is 0 Å². The molecule has 1 saturated heterocycles. The van der Waals surface area contributed by atoms with Gasteiger partial charge in [-0.15, -0.1) is 0 Å².